The third kappa shape index (κ3) is 3.64. The quantitative estimate of drug-likeness (QED) is 0.814. The van der Waals surface area contributed by atoms with Gasteiger partial charge in [0.25, 0.3) is 0 Å². The Morgan fingerprint density at radius 1 is 1.26 bits per heavy atom. The van der Waals surface area contributed by atoms with Crippen LogP contribution in [0.3, 0.4) is 0 Å². The van der Waals surface area contributed by atoms with E-state index in [1.165, 1.54) is 6.33 Å². The van der Waals surface area contributed by atoms with E-state index in [1.54, 1.807) is 7.11 Å². The maximum Gasteiger partial charge on any atom is 0.322 e. The third-order valence-corrected chi connectivity index (χ3v) is 5.51. The number of para-hydroxylation sites is 1. The zero-order valence-electron chi connectivity index (χ0n) is 15.2. The van der Waals surface area contributed by atoms with E-state index in [4.69, 9.17) is 16.3 Å². The van der Waals surface area contributed by atoms with Gasteiger partial charge in [-0.3, -0.25) is 0 Å². The van der Waals surface area contributed by atoms with Crippen LogP contribution in [0.25, 0.3) is 0 Å². The van der Waals surface area contributed by atoms with Gasteiger partial charge >= 0.3 is 6.03 Å². The Balaban J connectivity index is 1.38. The number of amides is 2. The molecule has 2 aliphatic heterocycles. The van der Waals surface area contributed by atoms with Crippen LogP contribution in [0.2, 0.25) is 5.15 Å². The van der Waals surface area contributed by atoms with Crippen molar-refractivity contribution in [2.45, 2.75) is 19.4 Å². The van der Waals surface area contributed by atoms with Gasteiger partial charge < -0.3 is 19.9 Å². The second kappa shape index (κ2) is 7.60. The Bertz CT molecular complexity index is 839. The van der Waals surface area contributed by atoms with Gasteiger partial charge in [0.15, 0.2) is 16.7 Å². The summed E-state index contributed by atoms with van der Waals surface area (Å²) in [4.78, 5) is 24.8. The van der Waals surface area contributed by atoms with Crippen molar-refractivity contribution in [2.24, 2.45) is 5.92 Å². The molecule has 0 saturated carbocycles. The number of urea groups is 1. The van der Waals surface area contributed by atoms with Gasteiger partial charge in [-0.05, 0) is 30.4 Å². The van der Waals surface area contributed by atoms with Crippen molar-refractivity contribution in [3.8, 4) is 5.75 Å². The molecule has 0 spiro atoms. The Labute approximate surface area is 163 Å². The summed E-state index contributed by atoms with van der Waals surface area (Å²) in [5, 5.41) is 3.31. The zero-order valence-corrected chi connectivity index (χ0v) is 15.9. The maximum atomic E-state index is 12.4. The van der Waals surface area contributed by atoms with Gasteiger partial charge in [0, 0.05) is 31.9 Å². The molecule has 4 rings (SSSR count). The molecule has 142 valence electrons. The number of halogens is 1. The van der Waals surface area contributed by atoms with E-state index in [1.807, 2.05) is 23.1 Å². The van der Waals surface area contributed by atoms with Crippen LogP contribution in [-0.2, 0) is 6.54 Å². The number of methoxy groups -OCH3 is 1. The van der Waals surface area contributed by atoms with E-state index in [0.29, 0.717) is 23.4 Å². The molecule has 27 heavy (non-hydrogen) atoms. The molecule has 0 aliphatic carbocycles. The Morgan fingerprint density at radius 3 is 2.81 bits per heavy atom. The van der Waals surface area contributed by atoms with Crippen molar-refractivity contribution in [1.29, 1.82) is 0 Å². The highest BCUT2D eigenvalue weighted by Crippen LogP contribution is 2.34. The number of rotatable bonds is 4. The number of benzene rings is 1. The van der Waals surface area contributed by atoms with Crippen molar-refractivity contribution in [3.63, 3.8) is 0 Å². The van der Waals surface area contributed by atoms with Crippen LogP contribution in [0.5, 0.6) is 5.75 Å². The highest BCUT2D eigenvalue weighted by molar-refractivity contribution is 6.31. The van der Waals surface area contributed by atoms with Crippen LogP contribution in [0, 0.1) is 5.92 Å². The minimum Gasteiger partial charge on any atom is -0.490 e. The lowest BCUT2D eigenvalue weighted by atomic mass is 9.95. The lowest BCUT2D eigenvalue weighted by Gasteiger charge is -2.37. The molecule has 0 bridgehead atoms. The number of carbonyl (C=O) groups is 1. The fraction of sp³-hybridized carbons (Fsp3) is 0.421. The first-order valence-electron chi connectivity index (χ1n) is 9.09. The van der Waals surface area contributed by atoms with E-state index in [0.717, 1.165) is 49.5 Å². The predicted octanol–water partition coefficient (Wildman–Crippen LogP) is 3.40. The highest BCUT2D eigenvalue weighted by atomic mass is 35.5. The van der Waals surface area contributed by atoms with Crippen LogP contribution in [-0.4, -0.2) is 47.6 Å². The highest BCUT2D eigenvalue weighted by Gasteiger charge is 2.28. The second-order valence-corrected chi connectivity index (χ2v) is 7.28. The summed E-state index contributed by atoms with van der Waals surface area (Å²) < 4.78 is 5.37. The molecular weight excluding hydrogens is 366 g/mol. The first kappa shape index (κ1) is 17.9. The van der Waals surface area contributed by atoms with Crippen LogP contribution in [0.15, 0.2) is 30.6 Å². The Kier molecular flexibility index (Phi) is 5.03. The third-order valence-electron chi connectivity index (χ3n) is 5.25. The van der Waals surface area contributed by atoms with E-state index in [2.05, 4.69) is 26.3 Å². The van der Waals surface area contributed by atoms with Gasteiger partial charge in [-0.15, -0.1) is 0 Å². The van der Waals surface area contributed by atoms with Crippen molar-refractivity contribution in [3.05, 3.63) is 41.3 Å². The minimum atomic E-state index is -0.0135. The number of nitrogens with zero attached hydrogens (tertiary/aromatic N) is 4. The molecule has 3 heterocycles. The lowest BCUT2D eigenvalue weighted by molar-refractivity contribution is 0.188. The molecule has 7 nitrogen and oxygen atoms in total. The largest absolute Gasteiger partial charge is 0.490 e. The van der Waals surface area contributed by atoms with Crippen LogP contribution < -0.4 is 15.0 Å². The maximum absolute atomic E-state index is 12.4. The van der Waals surface area contributed by atoms with E-state index >= 15 is 0 Å². The minimum absolute atomic E-state index is 0.0135. The molecule has 1 N–H and O–H groups in total. The van der Waals surface area contributed by atoms with Crippen molar-refractivity contribution in [2.75, 3.05) is 37.0 Å². The van der Waals surface area contributed by atoms with E-state index in [9.17, 15) is 4.79 Å². The van der Waals surface area contributed by atoms with Crippen molar-refractivity contribution >= 4 is 29.1 Å². The molecule has 1 saturated heterocycles. The Morgan fingerprint density at radius 2 is 2.04 bits per heavy atom. The topological polar surface area (TPSA) is 70.6 Å². The smallest absolute Gasteiger partial charge is 0.322 e. The summed E-state index contributed by atoms with van der Waals surface area (Å²) >= 11 is 6.11. The number of fused-ring (bicyclic) bond motifs is 1. The fourth-order valence-corrected chi connectivity index (χ4v) is 3.99. The molecule has 8 heteroatoms. The van der Waals surface area contributed by atoms with Gasteiger partial charge in [-0.1, -0.05) is 29.8 Å². The van der Waals surface area contributed by atoms with Crippen molar-refractivity contribution < 1.29 is 9.53 Å². The summed E-state index contributed by atoms with van der Waals surface area (Å²) in [5.41, 5.74) is 2.08. The predicted molar refractivity (Wildman–Crippen MR) is 104 cm³/mol. The van der Waals surface area contributed by atoms with Crippen LogP contribution in [0.4, 0.5) is 16.3 Å². The molecule has 1 aromatic carbocycles. The molecule has 0 unspecified atom stereocenters. The normalized spacial score (nSPS) is 17.5. The number of hydrogen-bond acceptors (Lipinski definition) is 5. The molecule has 1 aromatic heterocycles. The first-order valence-corrected chi connectivity index (χ1v) is 9.46. The average Bonchev–Trinajstić information content (AvgIpc) is 2.69. The van der Waals surface area contributed by atoms with E-state index in [-0.39, 0.29) is 6.03 Å². The molecule has 0 radical (unpaired) electrons. The average molecular weight is 388 g/mol. The SMILES string of the molecule is COc1c(Cl)ncnc1N1CCC(CN2Cc3ccccc3NC2=O)CC1. The summed E-state index contributed by atoms with van der Waals surface area (Å²) in [5.74, 6) is 1.71. The van der Waals surface area contributed by atoms with Gasteiger partial charge in [-0.25, -0.2) is 14.8 Å². The number of nitrogens with one attached hydrogen (secondary N) is 1. The monoisotopic (exact) mass is 387 g/mol. The summed E-state index contributed by atoms with van der Waals surface area (Å²) in [7, 11) is 1.58. The molecule has 2 aliphatic rings. The van der Waals surface area contributed by atoms with Crippen molar-refractivity contribution in [1.82, 2.24) is 14.9 Å². The number of piperidine rings is 1. The molecule has 2 aromatic rings. The number of hydrogen-bond donors (Lipinski definition) is 1. The number of ether oxygens (including phenoxy) is 1. The number of aromatic nitrogens is 2. The number of carbonyl (C=O) groups excluding carboxylic acids is 1. The van der Waals surface area contributed by atoms with Crippen LogP contribution in [0.1, 0.15) is 18.4 Å². The summed E-state index contributed by atoms with van der Waals surface area (Å²) in [6.07, 6.45) is 3.42. The fourth-order valence-electron chi connectivity index (χ4n) is 3.78. The Hall–Kier alpha value is -2.54. The van der Waals surface area contributed by atoms with Gasteiger partial charge in [0.1, 0.15) is 6.33 Å². The summed E-state index contributed by atoms with van der Waals surface area (Å²) in [6, 6.07) is 7.95. The number of anilines is 2. The van der Waals surface area contributed by atoms with Gasteiger partial charge in [0.05, 0.1) is 7.11 Å². The summed E-state index contributed by atoms with van der Waals surface area (Å²) in [6.45, 7) is 3.12. The van der Waals surface area contributed by atoms with E-state index < -0.39 is 0 Å². The van der Waals surface area contributed by atoms with Gasteiger partial charge in [-0.2, -0.15) is 0 Å². The molecule has 0 atom stereocenters. The first-order chi connectivity index (χ1) is 13.2. The molecular formula is C19H22ClN5O2. The second-order valence-electron chi connectivity index (χ2n) is 6.92. The van der Waals surface area contributed by atoms with Crippen LogP contribution >= 0.6 is 11.6 Å². The molecule has 2 amide bonds. The molecule has 1 fully saturated rings. The standard InChI is InChI=1S/C19H22ClN5O2/c1-27-16-17(20)21-12-22-18(16)24-8-6-13(7-9-24)10-25-11-14-4-2-3-5-15(14)23-19(25)26/h2-5,12-13H,6-11H2,1H3,(H,23,26). The lowest BCUT2D eigenvalue weighted by Crippen LogP contribution is -2.44. The van der Waals surface area contributed by atoms with Gasteiger partial charge in [0.2, 0.25) is 0 Å². The zero-order chi connectivity index (χ0) is 18.8.